The zero-order valence-corrected chi connectivity index (χ0v) is 11.5. The zero-order chi connectivity index (χ0) is 14.4. The zero-order valence-electron chi connectivity index (χ0n) is 11.5. The number of methoxy groups -OCH3 is 1. The summed E-state index contributed by atoms with van der Waals surface area (Å²) >= 11 is 0. The van der Waals surface area contributed by atoms with Gasteiger partial charge in [-0.05, 0) is 23.1 Å². The Balaban J connectivity index is 2.35. The molecule has 1 atom stereocenters. The smallest absolute Gasteiger partial charge is 0.313 e. The molecule has 0 bridgehead atoms. The quantitative estimate of drug-likeness (QED) is 0.850. The van der Waals surface area contributed by atoms with Gasteiger partial charge in [-0.3, -0.25) is 4.79 Å². The van der Waals surface area contributed by atoms with Gasteiger partial charge in [0.25, 0.3) is 0 Å². The predicted molar refractivity (Wildman–Crippen MR) is 77.3 cm³/mol. The molecule has 20 heavy (non-hydrogen) atoms. The number of ether oxygens (including phenoxy) is 1. The minimum absolute atomic E-state index is 0.0849. The molecule has 1 unspecified atom stereocenters. The number of aliphatic hydroxyl groups is 1. The van der Waals surface area contributed by atoms with Gasteiger partial charge in [0.1, 0.15) is 0 Å². The summed E-state index contributed by atoms with van der Waals surface area (Å²) < 4.78 is 4.92. The van der Waals surface area contributed by atoms with Gasteiger partial charge >= 0.3 is 5.97 Å². The average molecular weight is 270 g/mol. The van der Waals surface area contributed by atoms with E-state index in [1.54, 1.807) is 0 Å². The van der Waals surface area contributed by atoms with Crippen molar-refractivity contribution in [3.05, 3.63) is 71.3 Å². The molecule has 3 heteroatoms. The van der Waals surface area contributed by atoms with Crippen LogP contribution in [-0.2, 0) is 22.6 Å². The Morgan fingerprint density at radius 2 is 1.75 bits per heavy atom. The Hall–Kier alpha value is -2.13. The highest BCUT2D eigenvalue weighted by Gasteiger charge is 2.23. The molecule has 3 nitrogen and oxygen atoms in total. The third-order valence-electron chi connectivity index (χ3n) is 3.37. The maximum absolute atomic E-state index is 12.1. The van der Waals surface area contributed by atoms with Gasteiger partial charge in [-0.1, -0.05) is 54.6 Å². The van der Waals surface area contributed by atoms with Crippen LogP contribution in [-0.4, -0.2) is 18.2 Å². The van der Waals surface area contributed by atoms with Crippen molar-refractivity contribution < 1.29 is 14.6 Å². The Labute approximate surface area is 118 Å². The molecule has 0 aromatic heterocycles. The minimum atomic E-state index is -0.397. The largest absolute Gasteiger partial charge is 0.469 e. The molecule has 2 aromatic rings. The Bertz CT molecular complexity index is 563. The lowest BCUT2D eigenvalue weighted by Crippen LogP contribution is -2.18. The lowest BCUT2D eigenvalue weighted by Gasteiger charge is -2.18. The summed E-state index contributed by atoms with van der Waals surface area (Å²) in [6.45, 7) is -0.0849. The number of carbonyl (C=O) groups excluding carboxylic acids is 1. The highest BCUT2D eigenvalue weighted by molar-refractivity contribution is 5.79. The van der Waals surface area contributed by atoms with E-state index in [1.807, 2.05) is 54.6 Å². The molecule has 0 heterocycles. The number of hydrogen-bond donors (Lipinski definition) is 1. The van der Waals surface area contributed by atoms with Crippen molar-refractivity contribution in [1.82, 2.24) is 0 Å². The van der Waals surface area contributed by atoms with E-state index in [4.69, 9.17) is 4.74 Å². The summed E-state index contributed by atoms with van der Waals surface area (Å²) in [6.07, 6.45) is 0.560. The van der Waals surface area contributed by atoms with Gasteiger partial charge < -0.3 is 9.84 Å². The fraction of sp³-hybridized carbons (Fsp3) is 0.235. The molecule has 0 aliphatic rings. The molecule has 2 aromatic carbocycles. The van der Waals surface area contributed by atoms with Gasteiger partial charge in [-0.25, -0.2) is 0 Å². The molecule has 0 fully saturated rings. The molecular formula is C17H18O3. The van der Waals surface area contributed by atoms with E-state index >= 15 is 0 Å². The summed E-state index contributed by atoms with van der Waals surface area (Å²) in [5, 5.41) is 9.44. The standard InChI is InChI=1S/C17H18O3/c1-20-17(19)16(11-13-7-3-2-4-8-13)15-10-6-5-9-14(15)12-18/h2-10,16,18H,11-12H2,1H3. The minimum Gasteiger partial charge on any atom is -0.469 e. The number of esters is 1. The van der Waals surface area contributed by atoms with E-state index in [-0.39, 0.29) is 12.6 Å². The van der Waals surface area contributed by atoms with Crippen LogP contribution in [0.25, 0.3) is 0 Å². The van der Waals surface area contributed by atoms with Crippen LogP contribution in [0.2, 0.25) is 0 Å². The van der Waals surface area contributed by atoms with E-state index < -0.39 is 5.92 Å². The van der Waals surface area contributed by atoms with Crippen molar-refractivity contribution in [2.75, 3.05) is 7.11 Å². The first kappa shape index (κ1) is 14.3. The first-order valence-corrected chi connectivity index (χ1v) is 6.56. The SMILES string of the molecule is COC(=O)C(Cc1ccccc1)c1ccccc1CO. The van der Waals surface area contributed by atoms with Crippen LogP contribution >= 0.6 is 0 Å². The maximum Gasteiger partial charge on any atom is 0.313 e. The van der Waals surface area contributed by atoms with Crippen LogP contribution in [0.15, 0.2) is 54.6 Å². The second-order valence-electron chi connectivity index (χ2n) is 4.62. The number of aliphatic hydroxyl groups excluding tert-OH is 1. The molecular weight excluding hydrogens is 252 g/mol. The fourth-order valence-corrected chi connectivity index (χ4v) is 2.33. The number of rotatable bonds is 5. The highest BCUT2D eigenvalue weighted by Crippen LogP contribution is 2.25. The third-order valence-corrected chi connectivity index (χ3v) is 3.37. The number of hydrogen-bond acceptors (Lipinski definition) is 3. The van der Waals surface area contributed by atoms with Crippen molar-refractivity contribution in [3.63, 3.8) is 0 Å². The van der Waals surface area contributed by atoms with Crippen LogP contribution in [0.4, 0.5) is 0 Å². The lowest BCUT2D eigenvalue weighted by atomic mass is 9.89. The van der Waals surface area contributed by atoms with Crippen LogP contribution in [0, 0.1) is 0 Å². The van der Waals surface area contributed by atoms with Crippen molar-refractivity contribution in [1.29, 1.82) is 0 Å². The Morgan fingerprint density at radius 3 is 2.40 bits per heavy atom. The first-order valence-electron chi connectivity index (χ1n) is 6.56. The molecule has 2 rings (SSSR count). The predicted octanol–water partition coefficient (Wildman–Crippen LogP) is 2.68. The van der Waals surface area contributed by atoms with Gasteiger partial charge in [0, 0.05) is 0 Å². The molecule has 1 N–H and O–H groups in total. The monoisotopic (exact) mass is 270 g/mol. The number of carbonyl (C=O) groups is 1. The molecule has 0 saturated carbocycles. The van der Waals surface area contributed by atoms with E-state index in [9.17, 15) is 9.90 Å². The Kier molecular flexibility index (Phi) is 4.91. The summed E-state index contributed by atoms with van der Waals surface area (Å²) in [6, 6.07) is 17.2. The molecule has 0 saturated heterocycles. The highest BCUT2D eigenvalue weighted by atomic mass is 16.5. The van der Waals surface area contributed by atoms with Crippen LogP contribution in [0.3, 0.4) is 0 Å². The van der Waals surface area contributed by atoms with Gasteiger partial charge in [-0.15, -0.1) is 0 Å². The third kappa shape index (κ3) is 3.25. The van der Waals surface area contributed by atoms with Crippen LogP contribution < -0.4 is 0 Å². The molecule has 0 radical (unpaired) electrons. The van der Waals surface area contributed by atoms with E-state index in [2.05, 4.69) is 0 Å². The fourth-order valence-electron chi connectivity index (χ4n) is 2.33. The topological polar surface area (TPSA) is 46.5 Å². The van der Waals surface area contributed by atoms with Crippen molar-refractivity contribution in [2.45, 2.75) is 18.9 Å². The second kappa shape index (κ2) is 6.87. The van der Waals surface area contributed by atoms with Crippen molar-refractivity contribution >= 4 is 5.97 Å². The van der Waals surface area contributed by atoms with E-state index in [0.717, 1.165) is 16.7 Å². The Morgan fingerprint density at radius 1 is 1.10 bits per heavy atom. The normalized spacial score (nSPS) is 11.9. The van der Waals surface area contributed by atoms with E-state index in [0.29, 0.717) is 6.42 Å². The summed E-state index contributed by atoms with van der Waals surface area (Å²) in [5.74, 6) is -0.680. The maximum atomic E-state index is 12.1. The lowest BCUT2D eigenvalue weighted by molar-refractivity contribution is -0.142. The van der Waals surface area contributed by atoms with Crippen LogP contribution in [0.5, 0.6) is 0 Å². The molecule has 0 amide bonds. The molecule has 0 aliphatic heterocycles. The van der Waals surface area contributed by atoms with Crippen LogP contribution in [0.1, 0.15) is 22.6 Å². The summed E-state index contributed by atoms with van der Waals surface area (Å²) in [4.78, 5) is 12.1. The van der Waals surface area contributed by atoms with Gasteiger partial charge in [0.15, 0.2) is 0 Å². The van der Waals surface area contributed by atoms with Gasteiger partial charge in [-0.2, -0.15) is 0 Å². The van der Waals surface area contributed by atoms with Gasteiger partial charge in [0.05, 0.1) is 19.6 Å². The van der Waals surface area contributed by atoms with Crippen molar-refractivity contribution in [3.8, 4) is 0 Å². The summed E-state index contributed by atoms with van der Waals surface area (Å²) in [7, 11) is 1.39. The molecule has 0 aliphatic carbocycles. The van der Waals surface area contributed by atoms with E-state index in [1.165, 1.54) is 7.11 Å². The molecule has 104 valence electrons. The second-order valence-corrected chi connectivity index (χ2v) is 4.62. The average Bonchev–Trinajstić information content (AvgIpc) is 2.53. The first-order chi connectivity index (χ1) is 9.76. The molecule has 0 spiro atoms. The summed E-state index contributed by atoms with van der Waals surface area (Å²) in [5.41, 5.74) is 2.65. The van der Waals surface area contributed by atoms with Gasteiger partial charge in [0.2, 0.25) is 0 Å². The number of benzene rings is 2. The van der Waals surface area contributed by atoms with Crippen molar-refractivity contribution in [2.24, 2.45) is 0 Å².